The lowest BCUT2D eigenvalue weighted by Crippen LogP contribution is -2.41. The summed E-state index contributed by atoms with van der Waals surface area (Å²) in [6, 6.07) is 7.67. The van der Waals surface area contributed by atoms with E-state index in [0.717, 1.165) is 17.1 Å². The van der Waals surface area contributed by atoms with Crippen molar-refractivity contribution in [3.8, 4) is 0 Å². The zero-order valence-electron chi connectivity index (χ0n) is 8.68. The number of nitrogens with two attached hydrogens (primary N) is 1. The minimum Gasteiger partial charge on any atom is -0.379 e. The van der Waals surface area contributed by atoms with Crippen LogP contribution in [-0.4, -0.2) is 12.1 Å². The van der Waals surface area contributed by atoms with Crippen LogP contribution in [0.25, 0.3) is 0 Å². The molecule has 2 nitrogen and oxygen atoms in total. The van der Waals surface area contributed by atoms with E-state index in [0.29, 0.717) is 6.54 Å². The maximum Gasteiger partial charge on any atom is 0.0465 e. The van der Waals surface area contributed by atoms with E-state index in [1.54, 1.807) is 0 Å². The van der Waals surface area contributed by atoms with Crippen molar-refractivity contribution in [2.45, 2.75) is 25.8 Å². The van der Waals surface area contributed by atoms with Crippen LogP contribution in [0.2, 0.25) is 5.02 Å². The number of halogens is 1. The maximum atomic E-state index is 5.80. The van der Waals surface area contributed by atoms with Gasteiger partial charge < -0.3 is 11.1 Å². The lowest BCUT2D eigenvalue weighted by Gasteiger charge is -2.29. The number of hydrogen-bond acceptors (Lipinski definition) is 2. The van der Waals surface area contributed by atoms with Gasteiger partial charge in [-0.2, -0.15) is 0 Å². The minimum atomic E-state index is -0.0339. The standard InChI is InChI=1S/C11H17ClN2/c1-3-11(2,8-13)14-10-6-4-9(12)5-7-10/h4-7,14H,3,8,13H2,1-2H3. The molecule has 14 heavy (non-hydrogen) atoms. The Morgan fingerprint density at radius 1 is 1.36 bits per heavy atom. The lowest BCUT2D eigenvalue weighted by atomic mass is 9.99. The summed E-state index contributed by atoms with van der Waals surface area (Å²) in [6.45, 7) is 4.85. The lowest BCUT2D eigenvalue weighted by molar-refractivity contribution is 0.506. The van der Waals surface area contributed by atoms with Crippen LogP contribution in [0, 0.1) is 0 Å². The highest BCUT2D eigenvalue weighted by atomic mass is 35.5. The molecule has 0 bridgehead atoms. The Morgan fingerprint density at radius 2 is 1.93 bits per heavy atom. The first-order chi connectivity index (χ1) is 6.59. The van der Waals surface area contributed by atoms with Gasteiger partial charge in [-0.05, 0) is 37.6 Å². The SMILES string of the molecule is CCC(C)(CN)Nc1ccc(Cl)cc1. The largest absolute Gasteiger partial charge is 0.379 e. The Labute approximate surface area is 90.4 Å². The van der Waals surface area contributed by atoms with Gasteiger partial charge in [0.15, 0.2) is 0 Å². The molecule has 1 aromatic carbocycles. The van der Waals surface area contributed by atoms with Gasteiger partial charge in [-0.25, -0.2) is 0 Å². The van der Waals surface area contributed by atoms with Crippen LogP contribution in [0.5, 0.6) is 0 Å². The molecule has 0 fully saturated rings. The second-order valence-corrected chi connectivity index (χ2v) is 4.19. The van der Waals surface area contributed by atoms with Crippen molar-refractivity contribution in [3.63, 3.8) is 0 Å². The molecule has 78 valence electrons. The topological polar surface area (TPSA) is 38.0 Å². The number of benzene rings is 1. The average Bonchev–Trinajstić information content (AvgIpc) is 2.21. The van der Waals surface area contributed by atoms with Crippen molar-refractivity contribution in [2.75, 3.05) is 11.9 Å². The predicted molar refractivity (Wildman–Crippen MR) is 62.8 cm³/mol. The molecule has 0 heterocycles. The van der Waals surface area contributed by atoms with Crippen molar-refractivity contribution in [2.24, 2.45) is 5.73 Å². The van der Waals surface area contributed by atoms with Crippen LogP contribution in [0.3, 0.4) is 0 Å². The van der Waals surface area contributed by atoms with E-state index in [1.165, 1.54) is 0 Å². The molecule has 1 unspecified atom stereocenters. The molecule has 0 saturated carbocycles. The summed E-state index contributed by atoms with van der Waals surface area (Å²) in [6.07, 6.45) is 0.992. The third-order valence-corrected chi connectivity index (χ3v) is 2.77. The van der Waals surface area contributed by atoms with Gasteiger partial charge in [0.2, 0.25) is 0 Å². The summed E-state index contributed by atoms with van der Waals surface area (Å²) in [5, 5.41) is 4.15. The van der Waals surface area contributed by atoms with Crippen LogP contribution in [-0.2, 0) is 0 Å². The highest BCUT2D eigenvalue weighted by Crippen LogP contribution is 2.19. The maximum absolute atomic E-state index is 5.80. The highest BCUT2D eigenvalue weighted by molar-refractivity contribution is 6.30. The van der Waals surface area contributed by atoms with E-state index in [-0.39, 0.29) is 5.54 Å². The monoisotopic (exact) mass is 212 g/mol. The van der Waals surface area contributed by atoms with Crippen molar-refractivity contribution in [1.82, 2.24) is 0 Å². The van der Waals surface area contributed by atoms with Crippen molar-refractivity contribution in [1.29, 1.82) is 0 Å². The molecule has 0 aliphatic heterocycles. The predicted octanol–water partition coefficient (Wildman–Crippen LogP) is 2.88. The molecule has 0 saturated heterocycles. The second-order valence-electron chi connectivity index (χ2n) is 3.75. The summed E-state index contributed by atoms with van der Waals surface area (Å²) >= 11 is 5.80. The Bertz CT molecular complexity index is 278. The number of rotatable bonds is 4. The molecule has 1 atom stereocenters. The third-order valence-electron chi connectivity index (χ3n) is 2.52. The Morgan fingerprint density at radius 3 is 2.36 bits per heavy atom. The number of nitrogens with one attached hydrogen (secondary N) is 1. The summed E-state index contributed by atoms with van der Waals surface area (Å²) < 4.78 is 0. The number of hydrogen-bond donors (Lipinski definition) is 2. The van der Waals surface area contributed by atoms with Gasteiger partial charge in [0, 0.05) is 22.8 Å². The van der Waals surface area contributed by atoms with E-state index in [9.17, 15) is 0 Å². The smallest absolute Gasteiger partial charge is 0.0465 e. The fourth-order valence-electron chi connectivity index (χ4n) is 1.17. The second kappa shape index (κ2) is 4.67. The Balaban J connectivity index is 2.72. The quantitative estimate of drug-likeness (QED) is 0.806. The van der Waals surface area contributed by atoms with E-state index >= 15 is 0 Å². The van der Waals surface area contributed by atoms with Crippen LogP contribution < -0.4 is 11.1 Å². The van der Waals surface area contributed by atoms with Gasteiger partial charge in [-0.1, -0.05) is 18.5 Å². The van der Waals surface area contributed by atoms with E-state index in [1.807, 2.05) is 24.3 Å². The average molecular weight is 213 g/mol. The fraction of sp³-hybridized carbons (Fsp3) is 0.455. The van der Waals surface area contributed by atoms with Crippen LogP contribution in [0.1, 0.15) is 20.3 Å². The van der Waals surface area contributed by atoms with Gasteiger partial charge >= 0.3 is 0 Å². The Kier molecular flexibility index (Phi) is 3.78. The molecule has 1 aromatic rings. The third kappa shape index (κ3) is 2.89. The van der Waals surface area contributed by atoms with Gasteiger partial charge in [0.25, 0.3) is 0 Å². The summed E-state index contributed by atoms with van der Waals surface area (Å²) in [4.78, 5) is 0. The normalized spacial score (nSPS) is 14.9. The van der Waals surface area contributed by atoms with Crippen molar-refractivity contribution in [3.05, 3.63) is 29.3 Å². The van der Waals surface area contributed by atoms with E-state index in [4.69, 9.17) is 17.3 Å². The first kappa shape index (κ1) is 11.3. The zero-order valence-corrected chi connectivity index (χ0v) is 9.43. The highest BCUT2D eigenvalue weighted by Gasteiger charge is 2.18. The molecule has 3 heteroatoms. The van der Waals surface area contributed by atoms with Crippen molar-refractivity contribution < 1.29 is 0 Å². The van der Waals surface area contributed by atoms with Crippen LogP contribution in [0.15, 0.2) is 24.3 Å². The minimum absolute atomic E-state index is 0.0339. The first-order valence-electron chi connectivity index (χ1n) is 4.83. The summed E-state index contributed by atoms with van der Waals surface area (Å²) in [5.41, 5.74) is 6.73. The molecule has 0 aliphatic rings. The van der Waals surface area contributed by atoms with Crippen LogP contribution >= 0.6 is 11.6 Å². The van der Waals surface area contributed by atoms with Gasteiger partial charge in [-0.3, -0.25) is 0 Å². The van der Waals surface area contributed by atoms with Crippen molar-refractivity contribution >= 4 is 17.3 Å². The zero-order chi connectivity index (χ0) is 10.6. The molecule has 3 N–H and O–H groups in total. The van der Waals surface area contributed by atoms with Gasteiger partial charge in [0.1, 0.15) is 0 Å². The molecule has 0 aromatic heterocycles. The number of anilines is 1. The first-order valence-corrected chi connectivity index (χ1v) is 5.21. The van der Waals surface area contributed by atoms with E-state index < -0.39 is 0 Å². The molecular weight excluding hydrogens is 196 g/mol. The molecular formula is C11H17ClN2. The van der Waals surface area contributed by atoms with Gasteiger partial charge in [0.05, 0.1) is 0 Å². The van der Waals surface area contributed by atoms with Gasteiger partial charge in [-0.15, -0.1) is 0 Å². The molecule has 0 radical (unpaired) electrons. The molecule has 0 amide bonds. The molecule has 0 spiro atoms. The summed E-state index contributed by atoms with van der Waals surface area (Å²) in [7, 11) is 0. The van der Waals surface area contributed by atoms with E-state index in [2.05, 4.69) is 19.2 Å². The fourth-order valence-corrected chi connectivity index (χ4v) is 1.29. The molecule has 0 aliphatic carbocycles. The Hall–Kier alpha value is -0.730. The van der Waals surface area contributed by atoms with Crippen LogP contribution in [0.4, 0.5) is 5.69 Å². The molecule has 1 rings (SSSR count). The summed E-state index contributed by atoms with van der Waals surface area (Å²) in [5.74, 6) is 0.